The molecule has 0 saturated carbocycles. The fourth-order valence-electron chi connectivity index (χ4n) is 2.37. The third-order valence-electron chi connectivity index (χ3n) is 4.64. The van der Waals surface area contributed by atoms with Crippen molar-refractivity contribution in [3.8, 4) is 11.8 Å². The van der Waals surface area contributed by atoms with Crippen LogP contribution in [0.25, 0.3) is 0 Å². The van der Waals surface area contributed by atoms with Crippen molar-refractivity contribution in [2.24, 2.45) is 11.8 Å². The quantitative estimate of drug-likeness (QED) is 0.217. The van der Waals surface area contributed by atoms with Gasteiger partial charge in [-0.15, -0.1) is 6.58 Å². The zero-order chi connectivity index (χ0) is 29.5. The van der Waals surface area contributed by atoms with Crippen molar-refractivity contribution in [2.45, 2.75) is 115 Å². The van der Waals surface area contributed by atoms with Gasteiger partial charge in [0.15, 0.2) is 0 Å². The van der Waals surface area contributed by atoms with E-state index in [0.717, 1.165) is 23.8 Å². The molecule has 1 unspecified atom stereocenters. The van der Waals surface area contributed by atoms with Gasteiger partial charge in [0.1, 0.15) is 0 Å². The second-order valence-electron chi connectivity index (χ2n) is 9.47. The molecule has 0 saturated heterocycles. The molecule has 1 aromatic carbocycles. The Hall–Kier alpha value is -2.52. The largest absolute Gasteiger partial charge is 0.100 e. The molecular formula is C37H62. The number of allylic oxidation sites excluding steroid dienone is 8. The van der Waals surface area contributed by atoms with Gasteiger partial charge in [-0.25, -0.2) is 0 Å². The Bertz CT molecular complexity index is 783. The van der Waals surface area contributed by atoms with Crippen LogP contribution in [0, 0.1) is 37.5 Å². The lowest BCUT2D eigenvalue weighted by Crippen LogP contribution is -1.92. The summed E-state index contributed by atoms with van der Waals surface area (Å²) in [6, 6.07) is 6.36. The summed E-state index contributed by atoms with van der Waals surface area (Å²) < 4.78 is 0. The standard InChI is InChI=1S/C12H14.C7H12.C7H10.C5H12.C4H8.C2H6/c1-4-5-6-12-8-7-10(2)9-11(12)3;1-7-5-3-2-4-6-7;1-3-5-7-6-4-2;1-4-5(2)3;1-4(2)3;1-2/h7-9H,4H2,1-3H3;3,5,7H,2,4,6H2,1H3;3-7H,1H2,2H3;5H,4H2,1-3H3;1H2,2-3H3;1-2H3/b;;6-4-,7-5-;;;. The van der Waals surface area contributed by atoms with Crippen LogP contribution in [0.4, 0.5) is 0 Å². The monoisotopic (exact) mass is 506 g/mol. The third-order valence-corrected chi connectivity index (χ3v) is 4.64. The number of hydrogen-bond acceptors (Lipinski definition) is 0. The fourth-order valence-corrected chi connectivity index (χ4v) is 2.37. The van der Waals surface area contributed by atoms with E-state index in [1.54, 1.807) is 6.08 Å². The molecule has 1 aliphatic rings. The van der Waals surface area contributed by atoms with E-state index in [-0.39, 0.29) is 0 Å². The molecule has 0 fully saturated rings. The number of rotatable bonds is 3. The number of benzene rings is 1. The first kappa shape index (κ1) is 41.6. The van der Waals surface area contributed by atoms with Gasteiger partial charge in [0.25, 0.3) is 0 Å². The van der Waals surface area contributed by atoms with Crippen molar-refractivity contribution in [3.05, 3.63) is 96.2 Å². The molecule has 1 aromatic rings. The van der Waals surface area contributed by atoms with Crippen molar-refractivity contribution < 1.29 is 0 Å². The summed E-state index contributed by atoms with van der Waals surface area (Å²) in [7, 11) is 0. The average Bonchev–Trinajstić information content (AvgIpc) is 2.86. The second-order valence-corrected chi connectivity index (χ2v) is 9.47. The maximum Gasteiger partial charge on any atom is 0.0274 e. The van der Waals surface area contributed by atoms with Crippen LogP contribution in [-0.2, 0) is 0 Å². The maximum absolute atomic E-state index is 3.56. The highest BCUT2D eigenvalue weighted by atomic mass is 14.0. The zero-order valence-corrected chi connectivity index (χ0v) is 26.9. The van der Waals surface area contributed by atoms with Gasteiger partial charge in [0, 0.05) is 12.0 Å². The first-order valence-electron chi connectivity index (χ1n) is 14.3. The Kier molecular flexibility index (Phi) is 37.6. The molecule has 0 bridgehead atoms. The zero-order valence-electron chi connectivity index (χ0n) is 26.9. The van der Waals surface area contributed by atoms with Gasteiger partial charge in [-0.2, -0.15) is 0 Å². The third kappa shape index (κ3) is 40.9. The topological polar surface area (TPSA) is 0 Å². The molecule has 0 radical (unpaired) electrons. The molecule has 37 heavy (non-hydrogen) atoms. The molecule has 0 aliphatic heterocycles. The van der Waals surface area contributed by atoms with Crippen LogP contribution in [0.2, 0.25) is 0 Å². The van der Waals surface area contributed by atoms with Crippen molar-refractivity contribution in [1.29, 1.82) is 0 Å². The predicted octanol–water partition coefficient (Wildman–Crippen LogP) is 12.4. The van der Waals surface area contributed by atoms with Crippen LogP contribution in [0.1, 0.15) is 118 Å². The first-order valence-corrected chi connectivity index (χ1v) is 14.3. The highest BCUT2D eigenvalue weighted by Crippen LogP contribution is 2.14. The summed E-state index contributed by atoms with van der Waals surface area (Å²) in [6.07, 6.45) is 20.4. The molecule has 0 N–H and O–H groups in total. The molecule has 0 spiro atoms. The minimum atomic E-state index is 0.855. The molecule has 0 amide bonds. The normalized spacial score (nSPS) is 12.9. The maximum atomic E-state index is 3.56. The van der Waals surface area contributed by atoms with E-state index in [4.69, 9.17) is 0 Å². The van der Waals surface area contributed by atoms with Crippen LogP contribution in [-0.4, -0.2) is 0 Å². The van der Waals surface area contributed by atoms with E-state index < -0.39 is 0 Å². The molecule has 0 heteroatoms. The van der Waals surface area contributed by atoms with E-state index in [0.29, 0.717) is 0 Å². The molecule has 0 aromatic heterocycles. The summed E-state index contributed by atoms with van der Waals surface area (Å²) in [6.45, 7) is 32.2. The van der Waals surface area contributed by atoms with Crippen LogP contribution in [0.15, 0.2) is 79.5 Å². The van der Waals surface area contributed by atoms with E-state index in [9.17, 15) is 0 Å². The molecule has 0 nitrogen and oxygen atoms in total. The highest BCUT2D eigenvalue weighted by molar-refractivity contribution is 5.42. The van der Waals surface area contributed by atoms with Crippen LogP contribution in [0.3, 0.4) is 0 Å². The molecule has 2 rings (SSSR count). The van der Waals surface area contributed by atoms with Crippen LogP contribution < -0.4 is 0 Å². The number of aryl methyl sites for hydroxylation is 2. The van der Waals surface area contributed by atoms with E-state index in [1.807, 2.05) is 58.9 Å². The summed E-state index contributed by atoms with van der Waals surface area (Å²) in [5, 5.41) is 0. The Labute approximate surface area is 234 Å². The Morgan fingerprint density at radius 2 is 1.65 bits per heavy atom. The average molecular weight is 507 g/mol. The van der Waals surface area contributed by atoms with Gasteiger partial charge in [0.05, 0.1) is 0 Å². The summed E-state index contributed by atoms with van der Waals surface area (Å²) >= 11 is 0. The molecular weight excluding hydrogens is 444 g/mol. The molecule has 210 valence electrons. The number of hydrogen-bond donors (Lipinski definition) is 0. The smallest absolute Gasteiger partial charge is 0.0274 e. The van der Waals surface area contributed by atoms with Crippen molar-refractivity contribution in [2.75, 3.05) is 0 Å². The van der Waals surface area contributed by atoms with E-state index in [2.05, 4.69) is 104 Å². The molecule has 1 atom stereocenters. The van der Waals surface area contributed by atoms with Gasteiger partial charge in [-0.05, 0) is 77.3 Å². The lowest BCUT2D eigenvalue weighted by molar-refractivity contribution is 0.584. The van der Waals surface area contributed by atoms with Gasteiger partial charge in [-0.1, -0.05) is 139 Å². The van der Waals surface area contributed by atoms with Crippen LogP contribution >= 0.6 is 0 Å². The molecule has 0 heterocycles. The van der Waals surface area contributed by atoms with Crippen LogP contribution in [0.5, 0.6) is 0 Å². The Balaban J connectivity index is -0.000000191. The second kappa shape index (κ2) is 33.5. The summed E-state index contributed by atoms with van der Waals surface area (Å²) in [5.41, 5.74) is 4.90. The van der Waals surface area contributed by atoms with Crippen molar-refractivity contribution >= 4 is 0 Å². The SMILES string of the molecule is C=C(C)C.C=C/C=C\C=C/C.CC.CC1C=CCCC1.CCC#Cc1ccc(C)cc1C.CCC(C)C. The predicted molar refractivity (Wildman–Crippen MR) is 176 cm³/mol. The molecule has 1 aliphatic carbocycles. The minimum absolute atomic E-state index is 0.855. The highest BCUT2D eigenvalue weighted by Gasteiger charge is 1.99. The van der Waals surface area contributed by atoms with Gasteiger partial charge >= 0.3 is 0 Å². The lowest BCUT2D eigenvalue weighted by Gasteiger charge is -2.08. The fraction of sp³-hybridized carbons (Fsp3) is 0.514. The summed E-state index contributed by atoms with van der Waals surface area (Å²) in [4.78, 5) is 0. The minimum Gasteiger partial charge on any atom is -0.100 e. The van der Waals surface area contributed by atoms with Crippen molar-refractivity contribution in [1.82, 2.24) is 0 Å². The Morgan fingerprint density at radius 3 is 1.97 bits per heavy atom. The van der Waals surface area contributed by atoms with E-state index >= 15 is 0 Å². The summed E-state index contributed by atoms with van der Waals surface area (Å²) in [5.74, 6) is 7.95. The van der Waals surface area contributed by atoms with Gasteiger partial charge < -0.3 is 0 Å². The lowest BCUT2D eigenvalue weighted by atomic mass is 9.98. The van der Waals surface area contributed by atoms with Crippen molar-refractivity contribution in [3.63, 3.8) is 0 Å². The van der Waals surface area contributed by atoms with Gasteiger partial charge in [-0.3, -0.25) is 0 Å². The van der Waals surface area contributed by atoms with Gasteiger partial charge in [0.2, 0.25) is 0 Å². The Morgan fingerprint density at radius 1 is 1.08 bits per heavy atom. The first-order chi connectivity index (χ1) is 17.5. The van der Waals surface area contributed by atoms with E-state index in [1.165, 1.54) is 42.4 Å².